The van der Waals surface area contributed by atoms with Gasteiger partial charge in [-0.1, -0.05) is 6.07 Å². The van der Waals surface area contributed by atoms with Crippen LogP contribution in [0.15, 0.2) is 42.7 Å². The van der Waals surface area contributed by atoms with E-state index in [1.165, 1.54) is 0 Å². The number of methoxy groups -OCH3 is 2. The largest absolute Gasteiger partial charge is 0.496 e. The number of pyridine rings is 1. The van der Waals surface area contributed by atoms with E-state index in [1.807, 2.05) is 12.1 Å². The molecule has 0 atom stereocenters. The second kappa shape index (κ2) is 7.45. The van der Waals surface area contributed by atoms with Crippen LogP contribution >= 0.6 is 0 Å². The molecule has 0 N–H and O–H groups in total. The summed E-state index contributed by atoms with van der Waals surface area (Å²) in [7, 11) is 4.86. The maximum atomic E-state index is 12.7. The van der Waals surface area contributed by atoms with Gasteiger partial charge in [-0.15, -0.1) is 0 Å². The molecule has 0 unspecified atom stereocenters. The van der Waals surface area contributed by atoms with E-state index in [9.17, 15) is 4.79 Å². The maximum absolute atomic E-state index is 12.7. The van der Waals surface area contributed by atoms with E-state index in [1.54, 1.807) is 56.8 Å². The number of hydrogen-bond acceptors (Lipinski definition) is 4. The molecule has 0 aliphatic rings. The average molecular weight is 300 g/mol. The number of carbonyl (C=O) groups excluding carboxylic acids is 1. The van der Waals surface area contributed by atoms with Crippen LogP contribution in [0, 0.1) is 0 Å². The molecule has 0 bridgehead atoms. The molecule has 0 fully saturated rings. The molecule has 0 spiro atoms. The van der Waals surface area contributed by atoms with Crippen molar-refractivity contribution in [3.8, 4) is 11.5 Å². The lowest BCUT2D eigenvalue weighted by Crippen LogP contribution is -2.29. The molecule has 1 aromatic heterocycles. The number of likely N-dealkylation sites (N-methyl/N-ethyl adjacent to an activating group) is 1. The van der Waals surface area contributed by atoms with Gasteiger partial charge in [-0.3, -0.25) is 9.78 Å². The average Bonchev–Trinajstić information content (AvgIpc) is 2.59. The zero-order valence-electron chi connectivity index (χ0n) is 13.1. The minimum absolute atomic E-state index is 0.122. The van der Waals surface area contributed by atoms with Gasteiger partial charge >= 0.3 is 0 Å². The highest BCUT2D eigenvalue weighted by atomic mass is 16.5. The van der Waals surface area contributed by atoms with Crippen molar-refractivity contribution in [3.05, 3.63) is 53.9 Å². The van der Waals surface area contributed by atoms with Gasteiger partial charge in [0.25, 0.3) is 5.91 Å². The van der Waals surface area contributed by atoms with Crippen LogP contribution in [-0.2, 0) is 6.42 Å². The fourth-order valence-corrected chi connectivity index (χ4v) is 2.20. The second-order valence-electron chi connectivity index (χ2n) is 4.87. The second-order valence-corrected chi connectivity index (χ2v) is 4.87. The van der Waals surface area contributed by atoms with Gasteiger partial charge in [0.05, 0.1) is 14.2 Å². The van der Waals surface area contributed by atoms with Gasteiger partial charge in [0, 0.05) is 26.0 Å². The quantitative estimate of drug-likeness (QED) is 0.822. The Bertz CT molecular complexity index is 607. The van der Waals surface area contributed by atoms with Gasteiger partial charge in [-0.2, -0.15) is 0 Å². The van der Waals surface area contributed by atoms with Crippen molar-refractivity contribution >= 4 is 5.91 Å². The monoisotopic (exact) mass is 300 g/mol. The van der Waals surface area contributed by atoms with Crippen LogP contribution in [0.4, 0.5) is 0 Å². The molecule has 2 rings (SSSR count). The van der Waals surface area contributed by atoms with Gasteiger partial charge in [0.1, 0.15) is 17.1 Å². The number of hydrogen-bond donors (Lipinski definition) is 0. The lowest BCUT2D eigenvalue weighted by molar-refractivity contribution is 0.0789. The molecule has 5 nitrogen and oxygen atoms in total. The molecule has 22 heavy (non-hydrogen) atoms. The first-order valence-electron chi connectivity index (χ1n) is 7.02. The summed E-state index contributed by atoms with van der Waals surface area (Å²) in [5, 5.41) is 0. The van der Waals surface area contributed by atoms with E-state index in [-0.39, 0.29) is 5.91 Å². The van der Waals surface area contributed by atoms with Crippen molar-refractivity contribution in [2.45, 2.75) is 6.42 Å². The Morgan fingerprint density at radius 3 is 2.23 bits per heavy atom. The third kappa shape index (κ3) is 3.55. The Morgan fingerprint density at radius 2 is 1.68 bits per heavy atom. The molecule has 1 heterocycles. The normalized spacial score (nSPS) is 10.1. The molecular formula is C17H20N2O3. The number of amides is 1. The van der Waals surface area contributed by atoms with Crippen LogP contribution in [0.3, 0.4) is 0 Å². The Hall–Kier alpha value is -2.56. The summed E-state index contributed by atoms with van der Waals surface area (Å²) < 4.78 is 10.6. The molecule has 0 saturated carbocycles. The Balaban J connectivity index is 2.13. The number of nitrogens with zero attached hydrogens (tertiary/aromatic N) is 2. The van der Waals surface area contributed by atoms with E-state index in [0.29, 0.717) is 23.6 Å². The summed E-state index contributed by atoms with van der Waals surface area (Å²) in [5.74, 6) is 0.906. The summed E-state index contributed by atoms with van der Waals surface area (Å²) in [4.78, 5) is 18.3. The van der Waals surface area contributed by atoms with E-state index in [0.717, 1.165) is 12.0 Å². The minimum atomic E-state index is -0.122. The zero-order chi connectivity index (χ0) is 15.9. The smallest absolute Gasteiger partial charge is 0.261 e. The van der Waals surface area contributed by atoms with Crippen LogP contribution < -0.4 is 9.47 Å². The van der Waals surface area contributed by atoms with Crippen molar-refractivity contribution in [1.29, 1.82) is 0 Å². The predicted octanol–water partition coefficient (Wildman–Crippen LogP) is 2.41. The first-order valence-corrected chi connectivity index (χ1v) is 7.02. The van der Waals surface area contributed by atoms with Crippen LogP contribution in [-0.4, -0.2) is 43.6 Å². The first-order chi connectivity index (χ1) is 10.7. The number of benzene rings is 1. The van der Waals surface area contributed by atoms with Gasteiger partial charge < -0.3 is 14.4 Å². The van der Waals surface area contributed by atoms with Crippen molar-refractivity contribution in [3.63, 3.8) is 0 Å². The van der Waals surface area contributed by atoms with Gasteiger partial charge in [-0.05, 0) is 36.2 Å². The first kappa shape index (κ1) is 15.8. The van der Waals surface area contributed by atoms with Gasteiger partial charge in [-0.25, -0.2) is 0 Å². The molecule has 2 aromatic rings. The molecule has 116 valence electrons. The van der Waals surface area contributed by atoms with Crippen LogP contribution in [0.25, 0.3) is 0 Å². The molecule has 1 aromatic carbocycles. The molecule has 1 amide bonds. The number of rotatable bonds is 6. The predicted molar refractivity (Wildman–Crippen MR) is 84.4 cm³/mol. The van der Waals surface area contributed by atoms with E-state index < -0.39 is 0 Å². The Kier molecular flexibility index (Phi) is 5.36. The van der Waals surface area contributed by atoms with Crippen molar-refractivity contribution in [1.82, 2.24) is 9.88 Å². The summed E-state index contributed by atoms with van der Waals surface area (Å²) in [6, 6.07) is 9.20. The lowest BCUT2D eigenvalue weighted by Gasteiger charge is -2.20. The molecule has 0 aliphatic heterocycles. The third-order valence-corrected chi connectivity index (χ3v) is 3.47. The fourth-order valence-electron chi connectivity index (χ4n) is 2.20. The highest BCUT2D eigenvalue weighted by Crippen LogP contribution is 2.29. The minimum Gasteiger partial charge on any atom is -0.496 e. The van der Waals surface area contributed by atoms with Crippen LogP contribution in [0.5, 0.6) is 11.5 Å². The fraction of sp³-hybridized carbons (Fsp3) is 0.294. The Labute approximate surface area is 130 Å². The van der Waals surface area contributed by atoms with Crippen molar-refractivity contribution in [2.75, 3.05) is 27.8 Å². The summed E-state index contributed by atoms with van der Waals surface area (Å²) in [6.07, 6.45) is 4.27. The van der Waals surface area contributed by atoms with Crippen molar-refractivity contribution < 1.29 is 14.3 Å². The Morgan fingerprint density at radius 1 is 1.09 bits per heavy atom. The maximum Gasteiger partial charge on any atom is 0.261 e. The number of aromatic nitrogens is 1. The molecule has 5 heteroatoms. The molecular weight excluding hydrogens is 280 g/mol. The lowest BCUT2D eigenvalue weighted by atomic mass is 10.1. The highest BCUT2D eigenvalue weighted by Gasteiger charge is 2.21. The molecule has 0 aliphatic carbocycles. The van der Waals surface area contributed by atoms with E-state index >= 15 is 0 Å². The van der Waals surface area contributed by atoms with E-state index in [4.69, 9.17) is 9.47 Å². The molecule has 0 radical (unpaired) electrons. The third-order valence-electron chi connectivity index (χ3n) is 3.47. The van der Waals surface area contributed by atoms with Gasteiger partial charge in [0.2, 0.25) is 0 Å². The van der Waals surface area contributed by atoms with Crippen LogP contribution in [0.2, 0.25) is 0 Å². The van der Waals surface area contributed by atoms with E-state index in [2.05, 4.69) is 4.98 Å². The summed E-state index contributed by atoms with van der Waals surface area (Å²) in [5.41, 5.74) is 1.59. The number of ether oxygens (including phenoxy) is 2. The zero-order valence-corrected chi connectivity index (χ0v) is 13.1. The highest BCUT2D eigenvalue weighted by molar-refractivity contribution is 5.99. The molecule has 0 saturated heterocycles. The summed E-state index contributed by atoms with van der Waals surface area (Å²) in [6.45, 7) is 0.601. The van der Waals surface area contributed by atoms with Gasteiger partial charge in [0.15, 0.2) is 0 Å². The SMILES string of the molecule is COc1cccc(OC)c1C(=O)N(C)CCc1ccncc1. The standard InChI is InChI=1S/C17H20N2O3/c1-19(12-9-13-7-10-18-11-8-13)17(20)16-14(21-2)5-4-6-15(16)22-3/h4-8,10-11H,9,12H2,1-3H3. The topological polar surface area (TPSA) is 51.7 Å². The van der Waals surface area contributed by atoms with Crippen molar-refractivity contribution in [2.24, 2.45) is 0 Å². The summed E-state index contributed by atoms with van der Waals surface area (Å²) >= 11 is 0. The van der Waals surface area contributed by atoms with Crippen LogP contribution in [0.1, 0.15) is 15.9 Å². The number of carbonyl (C=O) groups is 1.